The van der Waals surface area contributed by atoms with Gasteiger partial charge in [-0.25, -0.2) is 0 Å². The molecule has 10 heteroatoms. The number of fused-ring (bicyclic) bond motifs is 2. The van der Waals surface area contributed by atoms with Gasteiger partial charge in [-0.15, -0.1) is 0 Å². The fraction of sp³-hybridized carbons (Fsp3) is 0.379. The zero-order chi connectivity index (χ0) is 26.8. The van der Waals surface area contributed by atoms with Crippen molar-refractivity contribution < 1.29 is 15.4 Å². The standard InChI is InChI=1S/C29H32N4O4S2.H2/c1-31-9-11-32(12-10-31)8-7-27(35)30-20-5-6-24-26(17-20)38-25-4-2-3-22(29(25)39-24)23-18-21(34)19-28(37-23)33-13-15-36-16-14-33;/h2-6,17-19H,7-16H2,1H3,(H,30,35);1H. The first-order valence-corrected chi connectivity index (χ1v) is 15.0. The molecule has 3 aliphatic heterocycles. The Bertz CT molecular complexity index is 1420. The average molecular weight is 567 g/mol. The van der Waals surface area contributed by atoms with E-state index in [0.29, 0.717) is 44.4 Å². The molecule has 6 rings (SSSR count). The first-order chi connectivity index (χ1) is 19.0. The van der Waals surface area contributed by atoms with Crippen LogP contribution in [-0.2, 0) is 9.53 Å². The normalized spacial score (nSPS) is 17.9. The highest BCUT2D eigenvalue weighted by atomic mass is 32.2. The number of amides is 1. The van der Waals surface area contributed by atoms with Gasteiger partial charge in [-0.1, -0.05) is 35.7 Å². The van der Waals surface area contributed by atoms with Gasteiger partial charge < -0.3 is 29.2 Å². The number of hydrogen-bond donors (Lipinski definition) is 1. The number of ether oxygens (including phenoxy) is 1. The summed E-state index contributed by atoms with van der Waals surface area (Å²) in [5.74, 6) is 1.20. The fourth-order valence-corrected chi connectivity index (χ4v) is 7.37. The Hall–Kier alpha value is -2.76. The molecule has 0 bridgehead atoms. The second kappa shape index (κ2) is 11.8. The highest BCUT2D eigenvalue weighted by Crippen LogP contribution is 2.52. The quantitative estimate of drug-likeness (QED) is 0.361. The van der Waals surface area contributed by atoms with Crippen LogP contribution in [0.5, 0.6) is 0 Å². The molecular formula is C29H34N4O4S2. The van der Waals surface area contributed by atoms with E-state index in [1.165, 1.54) is 0 Å². The third-order valence-corrected chi connectivity index (χ3v) is 9.83. The van der Waals surface area contributed by atoms with Crippen LogP contribution in [0.25, 0.3) is 11.3 Å². The van der Waals surface area contributed by atoms with Gasteiger partial charge in [0.1, 0.15) is 5.76 Å². The topological polar surface area (TPSA) is 78.3 Å². The molecule has 0 unspecified atom stereocenters. The minimum absolute atomic E-state index is 0. The largest absolute Gasteiger partial charge is 0.440 e. The molecule has 0 radical (unpaired) electrons. The number of piperazine rings is 1. The Morgan fingerprint density at radius 1 is 0.949 bits per heavy atom. The molecule has 0 saturated carbocycles. The number of morpholine rings is 1. The predicted octanol–water partition coefficient (Wildman–Crippen LogP) is 4.58. The number of benzene rings is 2. The van der Waals surface area contributed by atoms with Gasteiger partial charge in [0, 0.05) is 96.6 Å². The molecule has 3 aliphatic rings. The molecule has 0 spiro atoms. The van der Waals surface area contributed by atoms with Crippen LogP contribution < -0.4 is 15.6 Å². The minimum atomic E-state index is -0.0720. The second-order valence-electron chi connectivity index (χ2n) is 10.0. The van der Waals surface area contributed by atoms with Crippen LogP contribution in [0.2, 0.25) is 0 Å². The number of carbonyl (C=O) groups excluding carboxylic acids is 1. The highest BCUT2D eigenvalue weighted by molar-refractivity contribution is 8.05. The Morgan fingerprint density at radius 2 is 1.77 bits per heavy atom. The summed E-state index contributed by atoms with van der Waals surface area (Å²) in [6.45, 7) is 7.56. The lowest BCUT2D eigenvalue weighted by Gasteiger charge is -2.32. The van der Waals surface area contributed by atoms with Crippen molar-refractivity contribution in [1.29, 1.82) is 0 Å². The first kappa shape index (κ1) is 26.5. The number of carbonyl (C=O) groups is 1. The van der Waals surface area contributed by atoms with Crippen LogP contribution in [0.1, 0.15) is 7.85 Å². The zero-order valence-electron chi connectivity index (χ0n) is 22.0. The van der Waals surface area contributed by atoms with E-state index in [2.05, 4.69) is 45.3 Å². The summed E-state index contributed by atoms with van der Waals surface area (Å²) in [7, 11) is 2.14. The van der Waals surface area contributed by atoms with E-state index in [-0.39, 0.29) is 12.8 Å². The monoisotopic (exact) mass is 566 g/mol. The van der Waals surface area contributed by atoms with E-state index in [4.69, 9.17) is 9.15 Å². The van der Waals surface area contributed by atoms with Gasteiger partial charge in [0.05, 0.1) is 13.2 Å². The summed E-state index contributed by atoms with van der Waals surface area (Å²) in [6, 6.07) is 15.3. The highest BCUT2D eigenvalue weighted by Gasteiger charge is 2.23. The third-order valence-electron chi connectivity index (χ3n) is 7.23. The van der Waals surface area contributed by atoms with Crippen molar-refractivity contribution in [2.75, 3.05) is 76.3 Å². The molecular weight excluding hydrogens is 532 g/mol. The van der Waals surface area contributed by atoms with E-state index in [9.17, 15) is 9.59 Å². The molecule has 1 aromatic heterocycles. The first-order valence-electron chi connectivity index (χ1n) is 13.3. The molecule has 2 saturated heterocycles. The van der Waals surface area contributed by atoms with Crippen molar-refractivity contribution in [3.8, 4) is 11.3 Å². The SMILES string of the molecule is CN1CCN(CCC(=O)Nc2ccc3c(c2)Sc2cccc(-c4cc(=O)cc(N5CCOCC5)o4)c2S3)CC1.[HH]. The van der Waals surface area contributed by atoms with Gasteiger partial charge in [-0.3, -0.25) is 9.59 Å². The van der Waals surface area contributed by atoms with Crippen LogP contribution in [0.15, 0.2) is 77.3 Å². The maximum Gasteiger partial charge on any atom is 0.225 e. The number of nitrogens with zero attached hydrogens (tertiary/aromatic N) is 3. The number of likely N-dealkylation sites (N-methyl/N-ethyl adjacent to an activating group) is 1. The van der Waals surface area contributed by atoms with Gasteiger partial charge in [0.25, 0.3) is 0 Å². The summed E-state index contributed by atoms with van der Waals surface area (Å²) < 4.78 is 11.7. The molecule has 4 heterocycles. The van der Waals surface area contributed by atoms with Crippen LogP contribution in [0.3, 0.4) is 0 Å². The summed E-state index contributed by atoms with van der Waals surface area (Å²) in [5, 5.41) is 3.08. The van der Waals surface area contributed by atoms with E-state index in [1.807, 2.05) is 18.2 Å². The van der Waals surface area contributed by atoms with Crippen molar-refractivity contribution in [3.05, 3.63) is 58.8 Å². The van der Waals surface area contributed by atoms with E-state index in [0.717, 1.165) is 63.6 Å². The van der Waals surface area contributed by atoms with E-state index in [1.54, 1.807) is 35.7 Å². The Kier molecular flexibility index (Phi) is 7.99. The number of rotatable bonds is 6. The van der Waals surface area contributed by atoms with Gasteiger partial charge in [-0.05, 0) is 31.3 Å². The molecule has 2 aromatic carbocycles. The summed E-state index contributed by atoms with van der Waals surface area (Å²) >= 11 is 3.34. The second-order valence-corrected chi connectivity index (χ2v) is 12.2. The smallest absolute Gasteiger partial charge is 0.225 e. The van der Waals surface area contributed by atoms with E-state index >= 15 is 0 Å². The summed E-state index contributed by atoms with van der Waals surface area (Å²) in [6.07, 6.45) is 0.490. The van der Waals surface area contributed by atoms with Crippen LogP contribution in [-0.4, -0.2) is 81.8 Å². The van der Waals surface area contributed by atoms with Crippen molar-refractivity contribution in [1.82, 2.24) is 9.80 Å². The molecule has 39 heavy (non-hydrogen) atoms. The van der Waals surface area contributed by atoms with Gasteiger partial charge >= 0.3 is 0 Å². The Balaban J connectivity index is 0.00000323. The molecule has 0 aliphatic carbocycles. The molecule has 1 amide bonds. The summed E-state index contributed by atoms with van der Waals surface area (Å²) in [4.78, 5) is 36.4. The van der Waals surface area contributed by atoms with Crippen molar-refractivity contribution in [3.63, 3.8) is 0 Å². The Morgan fingerprint density at radius 3 is 2.59 bits per heavy atom. The van der Waals surface area contributed by atoms with E-state index < -0.39 is 0 Å². The molecule has 206 valence electrons. The number of nitrogens with one attached hydrogen (secondary N) is 1. The fourth-order valence-electron chi connectivity index (χ4n) is 4.96. The zero-order valence-corrected chi connectivity index (χ0v) is 23.6. The minimum Gasteiger partial charge on any atom is -0.440 e. The van der Waals surface area contributed by atoms with Crippen LogP contribution in [0.4, 0.5) is 11.6 Å². The molecule has 2 fully saturated rings. The molecule has 3 aromatic rings. The number of hydrogen-bond acceptors (Lipinski definition) is 9. The maximum absolute atomic E-state index is 12.7. The lowest BCUT2D eigenvalue weighted by atomic mass is 10.1. The van der Waals surface area contributed by atoms with Gasteiger partial charge in [-0.2, -0.15) is 0 Å². The third kappa shape index (κ3) is 6.20. The average Bonchev–Trinajstić information content (AvgIpc) is 2.95. The predicted molar refractivity (Wildman–Crippen MR) is 157 cm³/mol. The summed E-state index contributed by atoms with van der Waals surface area (Å²) in [5.41, 5.74) is 1.65. The molecule has 1 N–H and O–H groups in total. The van der Waals surface area contributed by atoms with Crippen molar-refractivity contribution >= 4 is 41.0 Å². The molecule has 8 nitrogen and oxygen atoms in total. The lowest BCUT2D eigenvalue weighted by molar-refractivity contribution is -0.116. The van der Waals surface area contributed by atoms with Gasteiger partial charge in [0.15, 0.2) is 11.3 Å². The van der Waals surface area contributed by atoms with Crippen LogP contribution in [0, 0.1) is 0 Å². The maximum atomic E-state index is 12.7. The van der Waals surface area contributed by atoms with Crippen LogP contribution >= 0.6 is 23.5 Å². The van der Waals surface area contributed by atoms with Crippen molar-refractivity contribution in [2.24, 2.45) is 0 Å². The number of anilines is 2. The van der Waals surface area contributed by atoms with Gasteiger partial charge in [0.2, 0.25) is 5.91 Å². The lowest BCUT2D eigenvalue weighted by Crippen LogP contribution is -2.45. The van der Waals surface area contributed by atoms with Crippen molar-refractivity contribution in [2.45, 2.75) is 26.0 Å². The molecule has 0 atom stereocenters. The Labute approximate surface area is 238 Å².